The number of fused-ring (bicyclic) bond motifs is 1. The van der Waals surface area contributed by atoms with Gasteiger partial charge in [-0.3, -0.25) is 4.79 Å². The predicted octanol–water partition coefficient (Wildman–Crippen LogP) is 4.01. The van der Waals surface area contributed by atoms with Crippen LogP contribution in [0.4, 0.5) is 11.5 Å². The molecule has 4 rings (SSSR count). The van der Waals surface area contributed by atoms with E-state index in [2.05, 4.69) is 30.1 Å². The summed E-state index contributed by atoms with van der Waals surface area (Å²) in [6.45, 7) is 6.01. The van der Waals surface area contributed by atoms with Crippen molar-refractivity contribution in [3.63, 3.8) is 0 Å². The van der Waals surface area contributed by atoms with Gasteiger partial charge < -0.3 is 9.80 Å². The van der Waals surface area contributed by atoms with Crippen LogP contribution in [-0.4, -0.2) is 40.1 Å². The third kappa shape index (κ3) is 2.94. The van der Waals surface area contributed by atoms with Crippen molar-refractivity contribution in [3.8, 4) is 0 Å². The molecular weight excluding hydrogens is 348 g/mol. The van der Waals surface area contributed by atoms with E-state index in [9.17, 15) is 4.79 Å². The number of para-hydroxylation sites is 1. The van der Waals surface area contributed by atoms with Crippen molar-refractivity contribution in [3.05, 3.63) is 47.1 Å². The van der Waals surface area contributed by atoms with Crippen LogP contribution < -0.4 is 4.90 Å². The summed E-state index contributed by atoms with van der Waals surface area (Å²) in [5, 5.41) is 8.60. The molecule has 0 bridgehead atoms. The van der Waals surface area contributed by atoms with E-state index < -0.39 is 0 Å². The zero-order valence-electron chi connectivity index (χ0n) is 15.1. The van der Waals surface area contributed by atoms with E-state index in [0.717, 1.165) is 25.2 Å². The molecule has 0 aliphatic carbocycles. The molecule has 3 heterocycles. The molecule has 0 N–H and O–H groups in total. The summed E-state index contributed by atoms with van der Waals surface area (Å²) in [5.74, 6) is 1.48. The zero-order valence-corrected chi connectivity index (χ0v) is 15.9. The van der Waals surface area contributed by atoms with Gasteiger partial charge in [0.15, 0.2) is 11.0 Å². The summed E-state index contributed by atoms with van der Waals surface area (Å²) >= 11 is 5.92. The van der Waals surface area contributed by atoms with Crippen LogP contribution in [0.3, 0.4) is 0 Å². The lowest BCUT2D eigenvalue weighted by Crippen LogP contribution is -2.50. The maximum atomic E-state index is 13.5. The second-order valence-corrected chi connectivity index (χ2v) is 7.80. The number of anilines is 2. The first-order valence-electron chi connectivity index (χ1n) is 9.22. The molecule has 3 atom stereocenters. The Labute approximate surface area is 159 Å². The molecule has 1 amide bonds. The summed E-state index contributed by atoms with van der Waals surface area (Å²) in [7, 11) is 0. The Morgan fingerprint density at radius 3 is 2.69 bits per heavy atom. The van der Waals surface area contributed by atoms with Gasteiger partial charge in [-0.05, 0) is 42.5 Å². The van der Waals surface area contributed by atoms with Gasteiger partial charge in [-0.15, -0.1) is 10.2 Å². The van der Waals surface area contributed by atoms with E-state index in [1.54, 1.807) is 6.07 Å². The van der Waals surface area contributed by atoms with Gasteiger partial charge in [0, 0.05) is 24.7 Å². The first-order chi connectivity index (χ1) is 12.6. The molecule has 26 heavy (non-hydrogen) atoms. The van der Waals surface area contributed by atoms with Crippen molar-refractivity contribution in [2.45, 2.75) is 38.6 Å². The number of hydrogen-bond donors (Lipinski definition) is 0. The molecule has 2 unspecified atom stereocenters. The molecule has 0 spiro atoms. The van der Waals surface area contributed by atoms with Crippen LogP contribution in [0.2, 0.25) is 5.15 Å². The molecule has 1 fully saturated rings. The smallest absolute Gasteiger partial charge is 0.246 e. The van der Waals surface area contributed by atoms with Crippen LogP contribution in [0, 0.1) is 5.92 Å². The molecule has 0 radical (unpaired) electrons. The fraction of sp³-hybridized carbons (Fsp3) is 0.450. The van der Waals surface area contributed by atoms with Crippen molar-refractivity contribution in [1.82, 2.24) is 15.1 Å². The van der Waals surface area contributed by atoms with Gasteiger partial charge in [-0.1, -0.05) is 43.6 Å². The Hall–Kier alpha value is -2.14. The SMILES string of the molecule is CC1c2ccccc2N(c2ccc(Cl)nn2)C1C(=O)N1CCC[C@H](C)C1. The topological polar surface area (TPSA) is 49.3 Å². The number of benzene rings is 1. The number of halogens is 1. The molecule has 1 saturated heterocycles. The average Bonchev–Trinajstić information content (AvgIpc) is 2.95. The number of amides is 1. The standard InChI is InChI=1S/C20H23ClN4O/c1-13-6-5-11-24(12-13)20(26)19-14(2)15-7-3-4-8-16(15)25(19)18-10-9-17(21)22-23-18/h3-4,7-10,13-14,19H,5-6,11-12H2,1-2H3/t13-,14?,19?/m0/s1. The molecule has 0 saturated carbocycles. The molecule has 6 heteroatoms. The van der Waals surface area contributed by atoms with Crippen molar-refractivity contribution < 1.29 is 4.79 Å². The van der Waals surface area contributed by atoms with E-state index in [-0.39, 0.29) is 17.9 Å². The first kappa shape index (κ1) is 17.3. The largest absolute Gasteiger partial charge is 0.341 e. The Balaban J connectivity index is 1.74. The van der Waals surface area contributed by atoms with E-state index >= 15 is 0 Å². The van der Waals surface area contributed by atoms with E-state index in [0.29, 0.717) is 16.9 Å². The Bertz CT molecular complexity index is 810. The van der Waals surface area contributed by atoms with E-state index in [1.807, 2.05) is 34.1 Å². The lowest BCUT2D eigenvalue weighted by atomic mass is 9.94. The third-order valence-electron chi connectivity index (χ3n) is 5.53. The summed E-state index contributed by atoms with van der Waals surface area (Å²) in [6, 6.07) is 11.4. The molecule has 2 aliphatic heterocycles. The Morgan fingerprint density at radius 1 is 1.15 bits per heavy atom. The molecule has 1 aromatic heterocycles. The maximum absolute atomic E-state index is 13.5. The minimum absolute atomic E-state index is 0.0911. The van der Waals surface area contributed by atoms with Gasteiger partial charge in [-0.25, -0.2) is 0 Å². The van der Waals surface area contributed by atoms with E-state index in [1.165, 1.54) is 12.0 Å². The number of piperidine rings is 1. The summed E-state index contributed by atoms with van der Waals surface area (Å²) in [6.07, 6.45) is 2.26. The monoisotopic (exact) mass is 370 g/mol. The number of likely N-dealkylation sites (tertiary alicyclic amines) is 1. The minimum Gasteiger partial charge on any atom is -0.341 e. The second kappa shape index (κ2) is 6.88. The Morgan fingerprint density at radius 2 is 1.96 bits per heavy atom. The number of hydrogen-bond acceptors (Lipinski definition) is 4. The number of rotatable bonds is 2. The second-order valence-electron chi connectivity index (χ2n) is 7.41. The van der Waals surface area contributed by atoms with Crippen molar-refractivity contribution >= 4 is 29.0 Å². The number of aromatic nitrogens is 2. The number of carbonyl (C=O) groups excluding carboxylic acids is 1. The number of carbonyl (C=O) groups is 1. The zero-order chi connectivity index (χ0) is 18.3. The molecule has 5 nitrogen and oxygen atoms in total. The van der Waals surface area contributed by atoms with Gasteiger partial charge in [0.25, 0.3) is 0 Å². The maximum Gasteiger partial charge on any atom is 0.246 e. The molecular formula is C20H23ClN4O. The molecule has 136 valence electrons. The molecule has 2 aromatic rings. The van der Waals surface area contributed by atoms with Crippen LogP contribution in [0.1, 0.15) is 38.2 Å². The fourth-order valence-corrected chi connectivity index (χ4v) is 4.34. The lowest BCUT2D eigenvalue weighted by molar-refractivity contribution is -0.134. The first-order valence-corrected chi connectivity index (χ1v) is 9.60. The van der Waals surface area contributed by atoms with Gasteiger partial charge in [0.1, 0.15) is 6.04 Å². The third-order valence-corrected chi connectivity index (χ3v) is 5.73. The van der Waals surface area contributed by atoms with Gasteiger partial charge in [0.05, 0.1) is 0 Å². The van der Waals surface area contributed by atoms with Crippen molar-refractivity contribution in [2.24, 2.45) is 5.92 Å². The van der Waals surface area contributed by atoms with Crippen LogP contribution in [0.5, 0.6) is 0 Å². The summed E-state index contributed by atoms with van der Waals surface area (Å²) in [4.78, 5) is 17.5. The minimum atomic E-state index is -0.298. The highest BCUT2D eigenvalue weighted by atomic mass is 35.5. The van der Waals surface area contributed by atoms with Crippen LogP contribution in [-0.2, 0) is 4.79 Å². The number of nitrogens with zero attached hydrogens (tertiary/aromatic N) is 4. The van der Waals surface area contributed by atoms with Crippen LogP contribution in [0.25, 0.3) is 0 Å². The highest BCUT2D eigenvalue weighted by Gasteiger charge is 2.44. The van der Waals surface area contributed by atoms with Crippen molar-refractivity contribution in [1.29, 1.82) is 0 Å². The van der Waals surface area contributed by atoms with Crippen LogP contribution in [0.15, 0.2) is 36.4 Å². The average molecular weight is 371 g/mol. The summed E-state index contributed by atoms with van der Waals surface area (Å²) in [5.41, 5.74) is 2.20. The van der Waals surface area contributed by atoms with E-state index in [4.69, 9.17) is 11.6 Å². The highest BCUT2D eigenvalue weighted by molar-refractivity contribution is 6.29. The quantitative estimate of drug-likeness (QED) is 0.801. The summed E-state index contributed by atoms with van der Waals surface area (Å²) < 4.78 is 0. The Kier molecular flexibility index (Phi) is 4.57. The predicted molar refractivity (Wildman–Crippen MR) is 103 cm³/mol. The fourth-order valence-electron chi connectivity index (χ4n) is 4.24. The lowest BCUT2D eigenvalue weighted by Gasteiger charge is -2.36. The van der Waals surface area contributed by atoms with Gasteiger partial charge in [0.2, 0.25) is 5.91 Å². The molecule has 1 aromatic carbocycles. The normalized spacial score (nSPS) is 25.3. The van der Waals surface area contributed by atoms with Gasteiger partial charge >= 0.3 is 0 Å². The van der Waals surface area contributed by atoms with Crippen LogP contribution >= 0.6 is 11.6 Å². The molecule has 2 aliphatic rings. The van der Waals surface area contributed by atoms with Gasteiger partial charge in [-0.2, -0.15) is 0 Å². The highest BCUT2D eigenvalue weighted by Crippen LogP contribution is 2.45. The van der Waals surface area contributed by atoms with Crippen molar-refractivity contribution in [2.75, 3.05) is 18.0 Å².